The quantitative estimate of drug-likeness (QED) is 0.741. The summed E-state index contributed by atoms with van der Waals surface area (Å²) in [6.07, 6.45) is -3.71. The number of halogens is 3. The van der Waals surface area contributed by atoms with Crippen LogP contribution in [0, 0.1) is 0 Å². The molecule has 1 saturated heterocycles. The number of hydrogen-bond acceptors (Lipinski definition) is 3. The highest BCUT2D eigenvalue weighted by molar-refractivity contribution is 7.99. The van der Waals surface area contributed by atoms with Crippen LogP contribution in [-0.2, 0) is 6.18 Å². The van der Waals surface area contributed by atoms with Crippen molar-refractivity contribution in [2.24, 2.45) is 0 Å². The van der Waals surface area contributed by atoms with Crippen LogP contribution in [0.1, 0.15) is 22.1 Å². The number of carbonyl (C=O) groups excluding carboxylic acids is 1. The Balaban J connectivity index is 1.66. The van der Waals surface area contributed by atoms with E-state index in [9.17, 15) is 18.0 Å². The van der Waals surface area contributed by atoms with Gasteiger partial charge in [-0.15, -0.1) is 11.3 Å². The van der Waals surface area contributed by atoms with Gasteiger partial charge in [0.2, 0.25) is 0 Å². The van der Waals surface area contributed by atoms with Gasteiger partial charge in [-0.25, -0.2) is 4.79 Å². The number of rotatable bonds is 2. The average Bonchev–Trinajstić information content (AvgIpc) is 2.99. The molecule has 2 amide bonds. The van der Waals surface area contributed by atoms with Crippen LogP contribution in [0.3, 0.4) is 0 Å². The molecule has 0 unspecified atom stereocenters. The Labute approximate surface area is 152 Å². The third-order valence-electron chi connectivity index (χ3n) is 3.96. The second-order valence-electron chi connectivity index (χ2n) is 5.62. The van der Waals surface area contributed by atoms with E-state index in [-0.39, 0.29) is 5.69 Å². The molecule has 3 nitrogen and oxygen atoms in total. The van der Waals surface area contributed by atoms with E-state index in [1.54, 1.807) is 28.0 Å². The van der Waals surface area contributed by atoms with Crippen LogP contribution in [0.15, 0.2) is 41.8 Å². The molecule has 3 rings (SSSR count). The number of anilines is 1. The Kier molecular flexibility index (Phi) is 5.58. The molecule has 0 spiro atoms. The van der Waals surface area contributed by atoms with E-state index in [1.807, 2.05) is 11.4 Å². The molecule has 1 aromatic carbocycles. The number of alkyl halides is 3. The topological polar surface area (TPSA) is 32.3 Å². The number of benzene rings is 1. The van der Waals surface area contributed by atoms with E-state index in [0.29, 0.717) is 18.3 Å². The molecule has 1 aliphatic rings. The first-order valence-electron chi connectivity index (χ1n) is 7.82. The van der Waals surface area contributed by atoms with Gasteiger partial charge in [0.1, 0.15) is 0 Å². The number of nitrogens with one attached hydrogen (secondary N) is 1. The molecule has 1 aromatic heterocycles. The number of thiophene rings is 1. The second-order valence-corrected chi connectivity index (χ2v) is 7.91. The zero-order valence-electron chi connectivity index (χ0n) is 13.3. The minimum Gasteiger partial charge on any atom is -0.324 e. The number of urea groups is 1. The molecule has 25 heavy (non-hydrogen) atoms. The molecule has 8 heteroatoms. The van der Waals surface area contributed by atoms with Gasteiger partial charge in [0.15, 0.2) is 0 Å². The molecular weight excluding hydrogens is 369 g/mol. The first-order valence-corrected chi connectivity index (χ1v) is 9.75. The van der Waals surface area contributed by atoms with Gasteiger partial charge in [0.25, 0.3) is 0 Å². The van der Waals surface area contributed by atoms with E-state index in [0.717, 1.165) is 18.2 Å². The SMILES string of the molecule is O=C(Nc1ccccc1C(F)(F)F)N1CCS[C@@H](c2cccs2)CC1. The minimum atomic E-state index is -4.50. The number of nitrogens with zero attached hydrogens (tertiary/aromatic N) is 1. The molecule has 134 valence electrons. The van der Waals surface area contributed by atoms with Crippen molar-refractivity contribution in [3.8, 4) is 0 Å². The van der Waals surface area contributed by atoms with Crippen molar-refractivity contribution in [2.45, 2.75) is 17.8 Å². The molecule has 2 aromatic rings. The standard InChI is InChI=1S/C17H17F3N2OS2/c18-17(19,20)12-4-1-2-5-13(12)21-16(23)22-8-7-15(25-11-9-22)14-6-3-10-24-14/h1-6,10,15H,7-9,11H2,(H,21,23)/t15-/m1/s1. The highest BCUT2D eigenvalue weighted by atomic mass is 32.2. The van der Waals surface area contributed by atoms with Crippen LogP contribution in [0.5, 0.6) is 0 Å². The van der Waals surface area contributed by atoms with Crippen molar-refractivity contribution in [2.75, 3.05) is 24.2 Å². The molecule has 0 radical (unpaired) electrons. The second kappa shape index (κ2) is 7.70. The minimum absolute atomic E-state index is 0.202. The largest absolute Gasteiger partial charge is 0.418 e. The van der Waals surface area contributed by atoms with E-state index in [1.165, 1.54) is 23.1 Å². The van der Waals surface area contributed by atoms with Crippen molar-refractivity contribution < 1.29 is 18.0 Å². The van der Waals surface area contributed by atoms with Crippen LogP contribution in [0.2, 0.25) is 0 Å². The normalized spacial score (nSPS) is 18.7. The number of carbonyl (C=O) groups is 1. The van der Waals surface area contributed by atoms with Gasteiger partial charge in [-0.05, 0) is 30.0 Å². The lowest BCUT2D eigenvalue weighted by atomic mass is 10.1. The fourth-order valence-electron chi connectivity index (χ4n) is 2.71. The third-order valence-corrected chi connectivity index (χ3v) is 6.41. The van der Waals surface area contributed by atoms with Gasteiger partial charge in [-0.2, -0.15) is 24.9 Å². The summed E-state index contributed by atoms with van der Waals surface area (Å²) in [7, 11) is 0. The monoisotopic (exact) mass is 386 g/mol. The van der Waals surface area contributed by atoms with Gasteiger partial charge in [0, 0.05) is 29.0 Å². The highest BCUT2D eigenvalue weighted by Crippen LogP contribution is 2.37. The van der Waals surface area contributed by atoms with E-state index >= 15 is 0 Å². The number of para-hydroxylation sites is 1. The van der Waals surface area contributed by atoms with Gasteiger partial charge in [-0.1, -0.05) is 18.2 Å². The Bertz CT molecular complexity index is 719. The lowest BCUT2D eigenvalue weighted by Crippen LogP contribution is -2.37. The molecule has 2 heterocycles. The maximum absolute atomic E-state index is 13.0. The van der Waals surface area contributed by atoms with E-state index in [2.05, 4.69) is 11.4 Å². The summed E-state index contributed by atoms with van der Waals surface area (Å²) in [5.41, 5.74) is -1.03. The molecule has 1 fully saturated rings. The van der Waals surface area contributed by atoms with E-state index < -0.39 is 17.8 Å². The first kappa shape index (κ1) is 18.1. The summed E-state index contributed by atoms with van der Waals surface area (Å²) in [4.78, 5) is 15.3. The van der Waals surface area contributed by atoms with Crippen molar-refractivity contribution in [1.29, 1.82) is 0 Å². The Morgan fingerprint density at radius 3 is 2.68 bits per heavy atom. The van der Waals surface area contributed by atoms with Crippen molar-refractivity contribution in [1.82, 2.24) is 4.90 Å². The maximum Gasteiger partial charge on any atom is 0.418 e. The Morgan fingerprint density at radius 1 is 1.16 bits per heavy atom. The fraction of sp³-hybridized carbons (Fsp3) is 0.353. The van der Waals surface area contributed by atoms with Crippen molar-refractivity contribution >= 4 is 34.8 Å². The van der Waals surface area contributed by atoms with Crippen molar-refractivity contribution in [3.63, 3.8) is 0 Å². The van der Waals surface area contributed by atoms with Crippen LogP contribution in [-0.4, -0.2) is 29.8 Å². The number of thioether (sulfide) groups is 1. The smallest absolute Gasteiger partial charge is 0.324 e. The van der Waals surface area contributed by atoms with Crippen molar-refractivity contribution in [3.05, 3.63) is 52.2 Å². The van der Waals surface area contributed by atoms with Crippen LogP contribution >= 0.6 is 23.1 Å². The van der Waals surface area contributed by atoms with Gasteiger partial charge >= 0.3 is 12.2 Å². The molecule has 0 aliphatic carbocycles. The zero-order valence-corrected chi connectivity index (χ0v) is 14.9. The predicted octanol–water partition coefficient (Wildman–Crippen LogP) is 5.48. The summed E-state index contributed by atoms with van der Waals surface area (Å²) in [6, 6.07) is 8.65. The Hall–Kier alpha value is -1.67. The fourth-order valence-corrected chi connectivity index (χ4v) is 4.95. The third kappa shape index (κ3) is 4.49. The summed E-state index contributed by atoms with van der Waals surface area (Å²) in [5.74, 6) is 0.761. The Morgan fingerprint density at radius 2 is 1.96 bits per heavy atom. The summed E-state index contributed by atoms with van der Waals surface area (Å²) < 4.78 is 39.1. The lowest BCUT2D eigenvalue weighted by Gasteiger charge is -2.22. The maximum atomic E-state index is 13.0. The summed E-state index contributed by atoms with van der Waals surface area (Å²) in [6.45, 7) is 1.04. The summed E-state index contributed by atoms with van der Waals surface area (Å²) >= 11 is 3.48. The molecule has 1 aliphatic heterocycles. The van der Waals surface area contributed by atoms with Crippen LogP contribution in [0.25, 0.3) is 0 Å². The summed E-state index contributed by atoms with van der Waals surface area (Å²) in [5, 5.41) is 4.79. The van der Waals surface area contributed by atoms with Gasteiger partial charge in [-0.3, -0.25) is 0 Å². The molecule has 1 N–H and O–H groups in total. The average molecular weight is 386 g/mol. The molecule has 0 saturated carbocycles. The predicted molar refractivity (Wildman–Crippen MR) is 96.2 cm³/mol. The molecule has 0 bridgehead atoms. The highest BCUT2D eigenvalue weighted by Gasteiger charge is 2.34. The molecule has 1 atom stereocenters. The number of hydrogen-bond donors (Lipinski definition) is 1. The molecular formula is C17H17F3N2OS2. The van der Waals surface area contributed by atoms with E-state index in [4.69, 9.17) is 0 Å². The van der Waals surface area contributed by atoms with Crippen LogP contribution < -0.4 is 5.32 Å². The van der Waals surface area contributed by atoms with Gasteiger partial charge < -0.3 is 10.2 Å². The van der Waals surface area contributed by atoms with Crippen LogP contribution in [0.4, 0.5) is 23.7 Å². The first-order chi connectivity index (χ1) is 11.9. The lowest BCUT2D eigenvalue weighted by molar-refractivity contribution is -0.136. The van der Waals surface area contributed by atoms with Gasteiger partial charge in [0.05, 0.1) is 11.3 Å². The zero-order chi connectivity index (χ0) is 17.9. The number of amides is 2.